The molecule has 38 heavy (non-hydrogen) atoms. The summed E-state index contributed by atoms with van der Waals surface area (Å²) in [6, 6.07) is 20.8. The number of thiophene rings is 1. The Morgan fingerprint density at radius 1 is 1.00 bits per heavy atom. The van der Waals surface area contributed by atoms with Crippen LogP contribution in [-0.2, 0) is 23.0 Å². The number of carboxylic acid groups (broad SMARTS) is 1. The Morgan fingerprint density at radius 3 is 2.37 bits per heavy atom. The molecule has 0 radical (unpaired) electrons. The molecule has 194 valence electrons. The minimum absolute atomic E-state index is 0.0458. The quantitative estimate of drug-likeness (QED) is 0.258. The van der Waals surface area contributed by atoms with Gasteiger partial charge in [-0.25, -0.2) is 27.9 Å². The molecule has 0 saturated carbocycles. The highest BCUT2D eigenvalue weighted by Gasteiger charge is 2.26. The third-order valence-electron chi connectivity index (χ3n) is 6.24. The number of carbonyl (C=O) groups is 1. The molecule has 0 saturated heterocycles. The number of nitrogens with one attached hydrogen (secondary N) is 1. The standard InChI is InChI=1S/C28H26N4O4S2/c1-4-24-30-25-17(2)14-18(3)29-26(25)32(24)16-19-10-12-20(13-11-19)22-15-23(21-8-6-5-7-9-21)37-27(22)38(35,36)31-28(33)34/h5-15,31H,4,16H2,1-3H3,(H,33,34). The monoisotopic (exact) mass is 546 g/mol. The Morgan fingerprint density at radius 2 is 1.71 bits per heavy atom. The Balaban J connectivity index is 1.54. The second-order valence-corrected chi connectivity index (χ2v) is 11.9. The van der Waals surface area contributed by atoms with E-state index in [4.69, 9.17) is 15.1 Å². The van der Waals surface area contributed by atoms with Gasteiger partial charge < -0.3 is 9.67 Å². The molecule has 0 unspecified atom stereocenters. The van der Waals surface area contributed by atoms with Crippen LogP contribution >= 0.6 is 11.3 Å². The number of rotatable bonds is 7. The van der Waals surface area contributed by atoms with Crippen molar-refractivity contribution in [3.8, 4) is 21.6 Å². The summed E-state index contributed by atoms with van der Waals surface area (Å²) < 4.78 is 29.6. The maximum atomic E-state index is 12.9. The average molecular weight is 547 g/mol. The van der Waals surface area contributed by atoms with Gasteiger partial charge in [0.2, 0.25) is 0 Å². The first-order valence-corrected chi connectivity index (χ1v) is 14.3. The van der Waals surface area contributed by atoms with E-state index in [1.165, 1.54) is 0 Å². The largest absolute Gasteiger partial charge is 0.464 e. The van der Waals surface area contributed by atoms with Crippen molar-refractivity contribution < 1.29 is 18.3 Å². The van der Waals surface area contributed by atoms with Crippen molar-refractivity contribution in [2.75, 3.05) is 0 Å². The highest BCUT2D eigenvalue weighted by molar-refractivity contribution is 7.92. The van der Waals surface area contributed by atoms with Gasteiger partial charge in [0.15, 0.2) is 5.65 Å². The second-order valence-electron chi connectivity index (χ2n) is 9.01. The van der Waals surface area contributed by atoms with E-state index >= 15 is 0 Å². The van der Waals surface area contributed by atoms with Crippen molar-refractivity contribution >= 4 is 38.6 Å². The zero-order chi connectivity index (χ0) is 27.0. The van der Waals surface area contributed by atoms with Crippen molar-refractivity contribution in [3.05, 3.63) is 89.4 Å². The third kappa shape index (κ3) is 4.92. The van der Waals surface area contributed by atoms with E-state index in [9.17, 15) is 13.2 Å². The average Bonchev–Trinajstić information content (AvgIpc) is 3.48. The van der Waals surface area contributed by atoms with Crippen LogP contribution in [0.3, 0.4) is 0 Å². The summed E-state index contributed by atoms with van der Waals surface area (Å²) in [5.74, 6) is 0.948. The molecular weight excluding hydrogens is 520 g/mol. The normalized spacial score (nSPS) is 11.7. The number of pyridine rings is 1. The van der Waals surface area contributed by atoms with E-state index in [0.717, 1.165) is 62.0 Å². The minimum Gasteiger partial charge on any atom is -0.464 e. The fraction of sp³-hybridized carbons (Fsp3) is 0.179. The van der Waals surface area contributed by atoms with Crippen molar-refractivity contribution in [3.63, 3.8) is 0 Å². The second kappa shape index (κ2) is 10.0. The molecular formula is C28H26N4O4S2. The zero-order valence-electron chi connectivity index (χ0n) is 21.1. The number of imidazole rings is 1. The molecule has 0 aliphatic rings. The molecule has 8 nitrogen and oxygen atoms in total. The van der Waals surface area contributed by atoms with Crippen LogP contribution in [0.1, 0.15) is 29.6 Å². The van der Waals surface area contributed by atoms with E-state index in [-0.39, 0.29) is 4.21 Å². The van der Waals surface area contributed by atoms with Crippen LogP contribution in [0.4, 0.5) is 4.79 Å². The van der Waals surface area contributed by atoms with Gasteiger partial charge in [-0.3, -0.25) is 0 Å². The third-order valence-corrected chi connectivity index (χ3v) is 9.28. The Hall–Kier alpha value is -4.02. The Labute approximate surface area is 224 Å². The molecule has 3 heterocycles. The van der Waals surface area contributed by atoms with E-state index in [1.54, 1.807) is 10.8 Å². The number of nitrogens with zero attached hydrogens (tertiary/aromatic N) is 3. The number of aryl methyl sites for hydroxylation is 3. The van der Waals surface area contributed by atoms with Gasteiger partial charge in [0.05, 0.1) is 6.54 Å². The van der Waals surface area contributed by atoms with Crippen molar-refractivity contribution in [1.82, 2.24) is 19.3 Å². The van der Waals surface area contributed by atoms with Crippen LogP contribution in [-0.4, -0.2) is 34.2 Å². The van der Waals surface area contributed by atoms with Crippen molar-refractivity contribution in [1.29, 1.82) is 0 Å². The van der Waals surface area contributed by atoms with E-state index in [1.807, 2.05) is 74.5 Å². The zero-order valence-corrected chi connectivity index (χ0v) is 22.7. The first-order chi connectivity index (χ1) is 18.2. The predicted octanol–water partition coefficient (Wildman–Crippen LogP) is 6.01. The summed E-state index contributed by atoms with van der Waals surface area (Å²) in [5.41, 5.74) is 6.76. The highest BCUT2D eigenvalue weighted by Crippen LogP contribution is 2.40. The Bertz CT molecular complexity index is 1760. The molecule has 5 rings (SSSR count). The molecule has 3 aromatic heterocycles. The lowest BCUT2D eigenvalue weighted by molar-refractivity contribution is 0.201. The van der Waals surface area contributed by atoms with Gasteiger partial charge in [0.25, 0.3) is 10.0 Å². The van der Waals surface area contributed by atoms with Crippen LogP contribution in [0.25, 0.3) is 32.7 Å². The number of benzene rings is 2. The van der Waals surface area contributed by atoms with Crippen LogP contribution in [0.2, 0.25) is 0 Å². The maximum Gasteiger partial charge on any atom is 0.418 e. The first-order valence-electron chi connectivity index (χ1n) is 12.0. The lowest BCUT2D eigenvalue weighted by atomic mass is 10.1. The summed E-state index contributed by atoms with van der Waals surface area (Å²) >= 11 is 1.04. The fourth-order valence-corrected chi connectivity index (χ4v) is 7.08. The summed E-state index contributed by atoms with van der Waals surface area (Å²) in [6.45, 7) is 6.65. The van der Waals surface area contributed by atoms with E-state index < -0.39 is 16.1 Å². The first kappa shape index (κ1) is 25.6. The van der Waals surface area contributed by atoms with Gasteiger partial charge in [-0.2, -0.15) is 0 Å². The molecule has 0 fully saturated rings. The van der Waals surface area contributed by atoms with Crippen LogP contribution in [0.5, 0.6) is 0 Å². The van der Waals surface area contributed by atoms with Crippen LogP contribution < -0.4 is 4.72 Å². The van der Waals surface area contributed by atoms with Crippen LogP contribution in [0, 0.1) is 13.8 Å². The molecule has 0 aliphatic carbocycles. The molecule has 0 spiro atoms. The van der Waals surface area contributed by atoms with Crippen molar-refractivity contribution in [2.24, 2.45) is 0 Å². The maximum absolute atomic E-state index is 12.9. The summed E-state index contributed by atoms with van der Waals surface area (Å²) in [7, 11) is -4.27. The molecule has 0 bridgehead atoms. The number of aromatic nitrogens is 3. The molecule has 2 N–H and O–H groups in total. The smallest absolute Gasteiger partial charge is 0.418 e. The van der Waals surface area contributed by atoms with Gasteiger partial charge in [-0.1, -0.05) is 61.5 Å². The number of sulfonamides is 1. The lowest BCUT2D eigenvalue weighted by Crippen LogP contribution is -2.28. The molecule has 1 amide bonds. The Kier molecular flexibility index (Phi) is 6.77. The topological polar surface area (TPSA) is 114 Å². The summed E-state index contributed by atoms with van der Waals surface area (Å²) in [5, 5.41) is 9.11. The number of amides is 1. The fourth-order valence-electron chi connectivity index (χ4n) is 4.54. The molecule has 0 aliphatic heterocycles. The summed E-state index contributed by atoms with van der Waals surface area (Å²) in [4.78, 5) is 21.5. The predicted molar refractivity (Wildman–Crippen MR) is 149 cm³/mol. The summed E-state index contributed by atoms with van der Waals surface area (Å²) in [6.07, 6.45) is -0.860. The molecule has 2 aromatic carbocycles. The van der Waals surface area contributed by atoms with Gasteiger partial charge >= 0.3 is 6.09 Å². The molecule has 10 heteroatoms. The molecule has 5 aromatic rings. The van der Waals surface area contributed by atoms with Gasteiger partial charge in [-0.15, -0.1) is 11.3 Å². The van der Waals surface area contributed by atoms with Gasteiger partial charge in [0.1, 0.15) is 15.6 Å². The number of fused-ring (bicyclic) bond motifs is 1. The minimum atomic E-state index is -4.27. The lowest BCUT2D eigenvalue weighted by Gasteiger charge is -2.10. The SMILES string of the molecule is CCc1nc2c(C)cc(C)nc2n1Cc1ccc(-c2cc(-c3ccccc3)sc2S(=O)(=O)NC(=O)O)cc1. The van der Waals surface area contributed by atoms with E-state index in [0.29, 0.717) is 17.7 Å². The highest BCUT2D eigenvalue weighted by atomic mass is 32.2. The number of hydrogen-bond donors (Lipinski definition) is 2. The number of hydrogen-bond acceptors (Lipinski definition) is 6. The van der Waals surface area contributed by atoms with Gasteiger partial charge in [0, 0.05) is 22.6 Å². The van der Waals surface area contributed by atoms with Crippen molar-refractivity contribution in [2.45, 2.75) is 37.9 Å². The van der Waals surface area contributed by atoms with E-state index in [2.05, 4.69) is 11.5 Å². The molecule has 0 atom stereocenters. The van der Waals surface area contributed by atoms with Crippen LogP contribution in [0.15, 0.2) is 70.9 Å². The van der Waals surface area contributed by atoms with Gasteiger partial charge in [-0.05, 0) is 48.2 Å².